The number of hydrogen-bond donors (Lipinski definition) is 10. The Morgan fingerprint density at radius 1 is 0.785 bits per heavy atom. The summed E-state index contributed by atoms with van der Waals surface area (Å²) in [6.07, 6.45) is 4.72. The molecule has 12 N–H and O–H groups in total. The monoisotopic (exact) mass is 1090 g/mol. The Morgan fingerprint density at radius 3 is 2.30 bits per heavy atom. The fraction of sp³-hybridized carbons (Fsp3) is 0.268. The highest BCUT2D eigenvalue weighted by molar-refractivity contribution is 7.89. The highest BCUT2D eigenvalue weighted by Gasteiger charge is 2.44. The van der Waals surface area contributed by atoms with Gasteiger partial charge in [-0.05, 0) is 80.7 Å². The summed E-state index contributed by atoms with van der Waals surface area (Å²) in [6.45, 7) is 2.56. The molecular weight excluding hydrogens is 1030 g/mol. The van der Waals surface area contributed by atoms with Crippen LogP contribution in [0.25, 0.3) is 76.1 Å². The van der Waals surface area contributed by atoms with Crippen molar-refractivity contribution in [2.24, 2.45) is 11.7 Å². The van der Waals surface area contributed by atoms with Crippen LogP contribution in [0.1, 0.15) is 35.1 Å². The summed E-state index contributed by atoms with van der Waals surface area (Å²) in [4.78, 5) is 48.5. The lowest BCUT2D eigenvalue weighted by molar-refractivity contribution is -0.0252. The van der Waals surface area contributed by atoms with E-state index in [1.807, 2.05) is 6.07 Å². The van der Waals surface area contributed by atoms with Crippen molar-refractivity contribution in [3.05, 3.63) is 150 Å². The zero-order valence-corrected chi connectivity index (χ0v) is 43.4. The molecular formula is C56H58N12O10S. The predicted molar refractivity (Wildman–Crippen MR) is 300 cm³/mol. The third kappa shape index (κ3) is 11.0. The maximum Gasteiger partial charge on any atom is 0.280 e. The van der Waals surface area contributed by atoms with Crippen LogP contribution in [-0.4, -0.2) is 148 Å². The van der Waals surface area contributed by atoms with E-state index in [2.05, 4.69) is 113 Å². The lowest BCUT2D eigenvalue weighted by Gasteiger charge is -2.20. The summed E-state index contributed by atoms with van der Waals surface area (Å²) in [5.74, 6) is -0.620. The van der Waals surface area contributed by atoms with Crippen molar-refractivity contribution in [3.63, 3.8) is 0 Å². The van der Waals surface area contributed by atoms with Crippen molar-refractivity contribution in [3.8, 4) is 0 Å². The van der Waals surface area contributed by atoms with E-state index in [0.29, 0.717) is 54.2 Å². The number of carbonyl (C=O) groups excluding carboxylic acids is 1. The second kappa shape index (κ2) is 23.5. The number of aliphatic hydroxyl groups excluding tert-OH is 5. The number of benzene rings is 6. The summed E-state index contributed by atoms with van der Waals surface area (Å²) < 4.78 is 34.3. The van der Waals surface area contributed by atoms with E-state index in [1.165, 1.54) is 61.8 Å². The Balaban J connectivity index is 0.000000119. The second-order valence-corrected chi connectivity index (χ2v) is 21.1. The number of primary amides is 1. The molecule has 13 rings (SSSR count). The Kier molecular flexibility index (Phi) is 16.1. The molecule has 2 fully saturated rings. The van der Waals surface area contributed by atoms with Crippen LogP contribution in [0.3, 0.4) is 0 Å². The second-order valence-electron chi connectivity index (χ2n) is 19.2. The van der Waals surface area contributed by atoms with E-state index in [4.69, 9.17) is 31.5 Å². The third-order valence-electron chi connectivity index (χ3n) is 14.2. The van der Waals surface area contributed by atoms with Crippen molar-refractivity contribution in [2.45, 2.75) is 48.7 Å². The Morgan fingerprint density at radius 2 is 1.53 bits per heavy atom. The van der Waals surface area contributed by atoms with Crippen molar-refractivity contribution < 1.29 is 43.5 Å². The van der Waals surface area contributed by atoms with Gasteiger partial charge in [-0.3, -0.25) is 19.6 Å². The predicted octanol–water partition coefficient (Wildman–Crippen LogP) is 3.86. The standard InChI is InChI=1S/C20H12.C14H17N3O2S.C12H14N4O5.C10H15N5O3/c1-2-7-17-15(4-1)12-16-9-8-13-5-3-6-14-10-11-18(17)20(16)19(13)14;18-20(19,17-9-2-6-15-8-10-17)14-4-1-3-12-11-16-7-5-13(12)14;13-10(20)4-1-14-11-5(4)2-15-12(16-11)9-8(19)7(18)6(3-17)21-9;11-10-13-8-7(9(18)14-10)12-5-15(8)2-1-6(3-16)4-17/h1-12H;1,3-5,7,11,15H,2,6,8-10H2;1-2,6-9,17-19H,3H2,(H2,13,20)(H,14,15,16);5-6,16-17H,1-4H2,(H3,11,13,14,18)/t;;6-,7-,8-,9?;/m..1./s1. The van der Waals surface area contributed by atoms with Crippen LogP contribution in [0, 0.1) is 5.92 Å². The molecule has 2 aliphatic rings. The minimum Gasteiger partial charge on any atom is -0.396 e. The van der Waals surface area contributed by atoms with E-state index in [0.717, 1.165) is 23.7 Å². The van der Waals surface area contributed by atoms with Crippen molar-refractivity contribution >= 4 is 97.9 Å². The molecule has 0 bridgehead atoms. The zero-order chi connectivity index (χ0) is 55.4. The molecule has 22 nitrogen and oxygen atoms in total. The number of aromatic amines is 2. The molecule has 6 aromatic carbocycles. The highest BCUT2D eigenvalue weighted by atomic mass is 32.2. The summed E-state index contributed by atoms with van der Waals surface area (Å²) in [5.41, 5.74) is 11.6. The molecule has 23 heteroatoms. The maximum atomic E-state index is 12.8. The lowest BCUT2D eigenvalue weighted by Crippen LogP contribution is -2.34. The zero-order valence-electron chi connectivity index (χ0n) is 42.6. The van der Waals surface area contributed by atoms with Crippen LogP contribution in [0.4, 0.5) is 5.95 Å². The first-order valence-electron chi connectivity index (χ1n) is 25.6. The third-order valence-corrected chi connectivity index (χ3v) is 16.2. The highest BCUT2D eigenvalue weighted by Crippen LogP contribution is 2.38. The van der Waals surface area contributed by atoms with Crippen molar-refractivity contribution in [1.29, 1.82) is 0 Å². The first kappa shape index (κ1) is 54.3. The Labute approximate surface area is 450 Å². The van der Waals surface area contributed by atoms with Gasteiger partial charge in [0.05, 0.1) is 23.4 Å². The number of nitrogens with one attached hydrogen (secondary N) is 3. The summed E-state index contributed by atoms with van der Waals surface area (Å²) in [7, 11) is -3.45. The van der Waals surface area contributed by atoms with E-state index in [9.17, 15) is 28.2 Å². The van der Waals surface area contributed by atoms with Gasteiger partial charge in [-0.25, -0.2) is 23.4 Å². The van der Waals surface area contributed by atoms with Crippen LogP contribution in [-0.2, 0) is 21.3 Å². The summed E-state index contributed by atoms with van der Waals surface area (Å²) in [5, 5.41) is 62.8. The van der Waals surface area contributed by atoms with E-state index < -0.39 is 47.0 Å². The Bertz CT molecular complexity index is 4100. The van der Waals surface area contributed by atoms with E-state index >= 15 is 0 Å². The quantitative estimate of drug-likeness (QED) is 0.0686. The van der Waals surface area contributed by atoms with Gasteiger partial charge >= 0.3 is 0 Å². The normalized spacial score (nSPS) is 17.9. The molecule has 2 saturated heterocycles. The molecule has 11 aromatic rings. The number of hydrogen-bond acceptors (Lipinski definition) is 17. The van der Waals surface area contributed by atoms with Gasteiger partial charge in [-0.1, -0.05) is 78.9 Å². The molecule has 5 aromatic heterocycles. The van der Waals surface area contributed by atoms with Gasteiger partial charge in [0, 0.05) is 86.3 Å². The van der Waals surface area contributed by atoms with Crippen molar-refractivity contribution in [2.75, 3.05) is 51.7 Å². The molecule has 2 aliphatic heterocycles. The number of aromatic nitrogens is 8. The maximum absolute atomic E-state index is 12.8. The molecule has 0 spiro atoms. The van der Waals surface area contributed by atoms with Crippen molar-refractivity contribution in [1.82, 2.24) is 49.1 Å². The fourth-order valence-corrected chi connectivity index (χ4v) is 11.8. The van der Waals surface area contributed by atoms with Gasteiger partial charge in [0.25, 0.3) is 11.5 Å². The number of aryl methyl sites for hydroxylation is 1. The molecule has 7 heterocycles. The molecule has 4 atom stereocenters. The van der Waals surface area contributed by atoms with Crippen LogP contribution >= 0.6 is 0 Å². The summed E-state index contributed by atoms with van der Waals surface area (Å²) >= 11 is 0. The minimum absolute atomic E-state index is 0.0371. The van der Waals surface area contributed by atoms with Gasteiger partial charge in [0.15, 0.2) is 17.0 Å². The molecule has 0 aliphatic carbocycles. The van der Waals surface area contributed by atoms with Crippen LogP contribution in [0.15, 0.2) is 138 Å². The lowest BCUT2D eigenvalue weighted by atomic mass is 9.91. The molecule has 0 saturated carbocycles. The number of ether oxygens (including phenoxy) is 1. The van der Waals surface area contributed by atoms with Gasteiger partial charge in [-0.2, -0.15) is 9.29 Å². The minimum atomic E-state index is -3.45. The number of anilines is 1. The number of nitrogens with zero attached hydrogens (tertiary/aromatic N) is 7. The van der Waals surface area contributed by atoms with E-state index in [-0.39, 0.29) is 47.5 Å². The Hall–Kier alpha value is -8.10. The number of nitrogens with two attached hydrogens (primary N) is 2. The number of pyridine rings is 1. The van der Waals surface area contributed by atoms with Crippen LogP contribution < -0.4 is 22.3 Å². The van der Waals surface area contributed by atoms with Gasteiger partial charge in [0.2, 0.25) is 16.0 Å². The largest absolute Gasteiger partial charge is 0.396 e. The molecule has 0 radical (unpaired) electrons. The first-order valence-corrected chi connectivity index (χ1v) is 27.0. The molecule has 408 valence electrons. The topological polar surface area (TPSA) is 347 Å². The number of H-pyrrole nitrogens is 2. The molecule has 79 heavy (non-hydrogen) atoms. The first-order chi connectivity index (χ1) is 38.3. The molecule has 1 amide bonds. The number of fused-ring (bicyclic) bond motifs is 5. The number of nitrogen functional groups attached to an aromatic ring is 1. The van der Waals surface area contributed by atoms with Gasteiger partial charge < -0.3 is 56.6 Å². The molecule has 1 unspecified atom stereocenters. The van der Waals surface area contributed by atoms with Crippen LogP contribution in [0.2, 0.25) is 0 Å². The SMILES string of the molecule is NC(=O)c1c[nH]c2nc(C3O[C@H](CO)[C@@H](O)[C@H]3O)ncc12.Nc1nc2c(ncn2CCC(CO)CO)c(=O)[nH]1.O=S(=O)(c1cccc2cnccc12)N1CCCNCC1.c1ccc2c(c1)cc1ccc3cccc4ccc2c1c34. The number of carbonyl (C=O) groups is 1. The summed E-state index contributed by atoms with van der Waals surface area (Å²) in [6, 6.07) is 33.6. The smallest absolute Gasteiger partial charge is 0.280 e. The van der Waals surface area contributed by atoms with Gasteiger partial charge in [0.1, 0.15) is 30.1 Å². The fourth-order valence-electron chi connectivity index (χ4n) is 10.1. The average Bonchev–Trinajstić information content (AvgIpc) is 4.27. The number of imidazole rings is 1. The number of rotatable bonds is 10. The van der Waals surface area contributed by atoms with Crippen LogP contribution in [0.5, 0.6) is 0 Å². The number of sulfonamides is 1. The number of aliphatic hydroxyl groups is 5. The van der Waals surface area contributed by atoms with Gasteiger partial charge in [-0.15, -0.1) is 0 Å². The average molecular weight is 1090 g/mol. The number of amides is 1. The van der Waals surface area contributed by atoms with E-state index in [1.54, 1.807) is 39.5 Å².